The Labute approximate surface area is 103 Å². The Balaban J connectivity index is 2.79. The van der Waals surface area contributed by atoms with Crippen molar-refractivity contribution < 1.29 is 8.42 Å². The highest BCUT2D eigenvalue weighted by atomic mass is 32.2. The maximum absolute atomic E-state index is 12.0. The summed E-state index contributed by atoms with van der Waals surface area (Å²) in [6.45, 7) is 3.82. The summed E-state index contributed by atoms with van der Waals surface area (Å²) in [7, 11) is -3.42. The van der Waals surface area contributed by atoms with Crippen LogP contribution in [0.4, 0.5) is 0 Å². The van der Waals surface area contributed by atoms with E-state index in [1.165, 1.54) is 0 Å². The lowest BCUT2D eigenvalue weighted by Gasteiger charge is -2.18. The molecule has 0 aromatic heterocycles. The third kappa shape index (κ3) is 4.46. The van der Waals surface area contributed by atoms with Crippen LogP contribution in [-0.2, 0) is 10.0 Å². The van der Waals surface area contributed by atoms with Gasteiger partial charge in [-0.05, 0) is 31.9 Å². The highest BCUT2D eigenvalue weighted by Crippen LogP contribution is 2.10. The molecule has 1 rings (SSSR count). The predicted molar refractivity (Wildman–Crippen MR) is 69.1 cm³/mol. The van der Waals surface area contributed by atoms with Crippen LogP contribution >= 0.6 is 0 Å². The Hall–Kier alpha value is -0.910. The molecule has 1 aromatic rings. The molecule has 1 aromatic carbocycles. The van der Waals surface area contributed by atoms with Crippen molar-refractivity contribution in [1.29, 1.82) is 0 Å². The molecular formula is C12H20N2O2S. The van der Waals surface area contributed by atoms with Crippen LogP contribution in [0.5, 0.6) is 0 Å². The fraction of sp³-hybridized carbons (Fsp3) is 0.500. The van der Waals surface area contributed by atoms with E-state index in [0.29, 0.717) is 11.3 Å². The third-order valence-corrected chi connectivity index (χ3v) is 4.06. The summed E-state index contributed by atoms with van der Waals surface area (Å²) >= 11 is 0. The van der Waals surface area contributed by atoms with Gasteiger partial charge in [0.15, 0.2) is 0 Å². The van der Waals surface area contributed by atoms with Crippen LogP contribution in [0.2, 0.25) is 0 Å². The smallest absolute Gasteiger partial charge is 0.240 e. The molecule has 17 heavy (non-hydrogen) atoms. The molecule has 4 nitrogen and oxygen atoms in total. The van der Waals surface area contributed by atoms with Crippen molar-refractivity contribution in [2.24, 2.45) is 5.73 Å². The van der Waals surface area contributed by atoms with E-state index in [1.54, 1.807) is 30.3 Å². The molecule has 2 unspecified atom stereocenters. The van der Waals surface area contributed by atoms with Gasteiger partial charge in [0.25, 0.3) is 0 Å². The number of nitrogens with one attached hydrogen (secondary N) is 1. The summed E-state index contributed by atoms with van der Waals surface area (Å²) < 4.78 is 26.7. The molecule has 0 heterocycles. The predicted octanol–water partition coefficient (Wildman–Crippen LogP) is 1.48. The largest absolute Gasteiger partial charge is 0.328 e. The first-order valence-corrected chi connectivity index (χ1v) is 7.27. The summed E-state index contributed by atoms with van der Waals surface area (Å²) in [6, 6.07) is 8.25. The topological polar surface area (TPSA) is 72.2 Å². The van der Waals surface area contributed by atoms with E-state index < -0.39 is 10.0 Å². The van der Waals surface area contributed by atoms with Gasteiger partial charge in [0.2, 0.25) is 10.0 Å². The van der Waals surface area contributed by atoms with Gasteiger partial charge in [0.1, 0.15) is 0 Å². The van der Waals surface area contributed by atoms with Gasteiger partial charge in [-0.1, -0.05) is 25.1 Å². The summed E-state index contributed by atoms with van der Waals surface area (Å²) in [5, 5.41) is 0. The molecule has 0 saturated heterocycles. The lowest BCUT2D eigenvalue weighted by molar-refractivity contribution is 0.485. The second-order valence-electron chi connectivity index (χ2n) is 4.25. The molecule has 0 aliphatic rings. The monoisotopic (exact) mass is 256 g/mol. The molecule has 2 atom stereocenters. The number of benzene rings is 1. The average molecular weight is 256 g/mol. The molecular weight excluding hydrogens is 236 g/mol. The molecule has 0 amide bonds. The molecule has 0 saturated carbocycles. The Bertz CT molecular complexity index is 429. The first kappa shape index (κ1) is 14.2. The van der Waals surface area contributed by atoms with Crippen LogP contribution in [0.15, 0.2) is 35.2 Å². The lowest BCUT2D eigenvalue weighted by atomic mass is 10.1. The Morgan fingerprint density at radius 1 is 1.29 bits per heavy atom. The number of rotatable bonds is 6. The van der Waals surface area contributed by atoms with Gasteiger partial charge in [-0.2, -0.15) is 0 Å². The van der Waals surface area contributed by atoms with Crippen LogP contribution < -0.4 is 10.5 Å². The van der Waals surface area contributed by atoms with Gasteiger partial charge in [-0.3, -0.25) is 0 Å². The molecule has 0 aliphatic heterocycles. The molecule has 0 bridgehead atoms. The maximum atomic E-state index is 12.0. The third-order valence-electron chi connectivity index (χ3n) is 2.52. The van der Waals surface area contributed by atoms with E-state index in [4.69, 9.17) is 5.73 Å². The van der Waals surface area contributed by atoms with E-state index in [0.717, 1.165) is 6.42 Å². The quantitative estimate of drug-likeness (QED) is 0.809. The summed E-state index contributed by atoms with van der Waals surface area (Å²) in [5.74, 6) is 0. The SMILES string of the molecule is CCC(CC(C)N)NS(=O)(=O)c1ccccc1. The summed E-state index contributed by atoms with van der Waals surface area (Å²) in [5.41, 5.74) is 5.69. The van der Waals surface area contributed by atoms with Crippen LogP contribution in [0.25, 0.3) is 0 Å². The van der Waals surface area contributed by atoms with Crippen LogP contribution in [0, 0.1) is 0 Å². The highest BCUT2D eigenvalue weighted by Gasteiger charge is 2.19. The molecule has 0 radical (unpaired) electrons. The van der Waals surface area contributed by atoms with E-state index in [2.05, 4.69) is 4.72 Å². The van der Waals surface area contributed by atoms with Crippen molar-refractivity contribution in [3.8, 4) is 0 Å². The first-order chi connectivity index (χ1) is 7.95. The fourth-order valence-corrected chi connectivity index (χ4v) is 2.99. The fourth-order valence-electron chi connectivity index (χ4n) is 1.63. The first-order valence-electron chi connectivity index (χ1n) is 5.78. The minimum Gasteiger partial charge on any atom is -0.328 e. The van der Waals surface area contributed by atoms with E-state index >= 15 is 0 Å². The molecule has 0 fully saturated rings. The standard InChI is InChI=1S/C12H20N2O2S/c1-3-11(9-10(2)13)14-17(15,16)12-7-5-4-6-8-12/h4-8,10-11,14H,3,9,13H2,1-2H3. The van der Waals surface area contributed by atoms with Crippen LogP contribution in [0.1, 0.15) is 26.7 Å². The Morgan fingerprint density at radius 2 is 1.88 bits per heavy atom. The maximum Gasteiger partial charge on any atom is 0.240 e. The molecule has 0 spiro atoms. The van der Waals surface area contributed by atoms with Crippen molar-refractivity contribution in [2.75, 3.05) is 0 Å². The second-order valence-corrected chi connectivity index (χ2v) is 5.97. The highest BCUT2D eigenvalue weighted by molar-refractivity contribution is 7.89. The van der Waals surface area contributed by atoms with Gasteiger partial charge in [0, 0.05) is 12.1 Å². The summed E-state index contributed by atoms with van der Waals surface area (Å²) in [6.07, 6.45) is 1.37. The molecule has 5 heteroatoms. The van der Waals surface area contributed by atoms with Gasteiger partial charge in [-0.15, -0.1) is 0 Å². The Kier molecular flexibility index (Phi) is 5.11. The van der Waals surface area contributed by atoms with Crippen molar-refractivity contribution in [3.05, 3.63) is 30.3 Å². The zero-order chi connectivity index (χ0) is 12.9. The number of nitrogens with two attached hydrogens (primary N) is 1. The second kappa shape index (κ2) is 6.14. The number of sulfonamides is 1. The van der Waals surface area contributed by atoms with Gasteiger partial charge < -0.3 is 5.73 Å². The number of hydrogen-bond donors (Lipinski definition) is 2. The molecule has 3 N–H and O–H groups in total. The minimum absolute atomic E-state index is 0.0153. The van der Waals surface area contributed by atoms with Crippen LogP contribution in [0.3, 0.4) is 0 Å². The normalized spacial score (nSPS) is 15.5. The van der Waals surface area contributed by atoms with Gasteiger partial charge in [0.05, 0.1) is 4.90 Å². The Morgan fingerprint density at radius 3 is 2.35 bits per heavy atom. The summed E-state index contributed by atoms with van der Waals surface area (Å²) in [4.78, 5) is 0.295. The zero-order valence-corrected chi connectivity index (χ0v) is 11.1. The average Bonchev–Trinajstić information content (AvgIpc) is 2.28. The van der Waals surface area contributed by atoms with E-state index in [-0.39, 0.29) is 12.1 Å². The number of hydrogen-bond acceptors (Lipinski definition) is 3. The molecule has 0 aliphatic carbocycles. The zero-order valence-electron chi connectivity index (χ0n) is 10.3. The minimum atomic E-state index is -3.42. The van der Waals surface area contributed by atoms with Crippen molar-refractivity contribution in [2.45, 2.75) is 43.7 Å². The van der Waals surface area contributed by atoms with Crippen LogP contribution in [-0.4, -0.2) is 20.5 Å². The van der Waals surface area contributed by atoms with Gasteiger partial charge in [-0.25, -0.2) is 13.1 Å². The van der Waals surface area contributed by atoms with Crippen molar-refractivity contribution >= 4 is 10.0 Å². The van der Waals surface area contributed by atoms with Crippen molar-refractivity contribution in [3.63, 3.8) is 0 Å². The van der Waals surface area contributed by atoms with Crippen molar-refractivity contribution in [1.82, 2.24) is 4.72 Å². The molecule has 96 valence electrons. The van der Waals surface area contributed by atoms with E-state index in [1.807, 2.05) is 13.8 Å². The van der Waals surface area contributed by atoms with E-state index in [9.17, 15) is 8.42 Å². The van der Waals surface area contributed by atoms with Gasteiger partial charge >= 0.3 is 0 Å². The lowest BCUT2D eigenvalue weighted by Crippen LogP contribution is -2.38.